The summed E-state index contributed by atoms with van der Waals surface area (Å²) in [5.74, 6) is 0.304. The molecule has 5 nitrogen and oxygen atoms in total. The second kappa shape index (κ2) is 9.25. The Morgan fingerprint density at radius 1 is 1.09 bits per heavy atom. The summed E-state index contributed by atoms with van der Waals surface area (Å²) in [5, 5.41) is 0. The molecule has 8 heteroatoms. The summed E-state index contributed by atoms with van der Waals surface area (Å²) >= 11 is 0. The lowest BCUT2D eigenvalue weighted by Crippen LogP contribution is -2.50. The van der Waals surface area contributed by atoms with E-state index in [2.05, 4.69) is 0 Å². The minimum atomic E-state index is -4.42. The summed E-state index contributed by atoms with van der Waals surface area (Å²) in [5.41, 5.74) is -1.45. The lowest BCUT2D eigenvalue weighted by atomic mass is 10.0. The Morgan fingerprint density at radius 2 is 1.70 bits per heavy atom. The van der Waals surface area contributed by atoms with Crippen LogP contribution < -0.4 is 4.74 Å². The third-order valence-electron chi connectivity index (χ3n) is 5.28. The van der Waals surface area contributed by atoms with Gasteiger partial charge in [-0.25, -0.2) is 4.79 Å². The van der Waals surface area contributed by atoms with Crippen LogP contribution in [-0.2, 0) is 15.7 Å². The van der Waals surface area contributed by atoms with Crippen LogP contribution in [0.1, 0.15) is 58.3 Å². The summed E-state index contributed by atoms with van der Waals surface area (Å²) in [6, 6.07) is 13.6. The van der Waals surface area contributed by atoms with Crippen LogP contribution in [-0.4, -0.2) is 35.0 Å². The second-order valence-corrected chi connectivity index (χ2v) is 9.54. The van der Waals surface area contributed by atoms with Crippen LogP contribution >= 0.6 is 0 Å². The van der Waals surface area contributed by atoms with Crippen LogP contribution in [0, 0.1) is 0 Å². The highest BCUT2D eigenvalue weighted by molar-refractivity contribution is 5.69. The summed E-state index contributed by atoms with van der Waals surface area (Å²) in [6.07, 6.45) is -5.06. The van der Waals surface area contributed by atoms with Crippen molar-refractivity contribution in [2.45, 2.75) is 70.7 Å². The Morgan fingerprint density at radius 3 is 2.24 bits per heavy atom. The molecule has 180 valence electrons. The van der Waals surface area contributed by atoms with Gasteiger partial charge in [-0.05, 0) is 64.4 Å². The molecular weight excluding hydrogens is 435 g/mol. The molecule has 1 heterocycles. The molecule has 1 saturated heterocycles. The molecule has 0 unspecified atom stereocenters. The van der Waals surface area contributed by atoms with E-state index >= 15 is 0 Å². The highest BCUT2D eigenvalue weighted by Crippen LogP contribution is 2.36. The highest BCUT2D eigenvalue weighted by Gasteiger charge is 2.46. The largest absolute Gasteiger partial charge is 0.486 e. The molecule has 0 saturated carbocycles. The minimum absolute atomic E-state index is 0.284. The smallest absolute Gasteiger partial charge is 0.416 e. The van der Waals surface area contributed by atoms with Gasteiger partial charge in [-0.1, -0.05) is 30.3 Å². The van der Waals surface area contributed by atoms with Gasteiger partial charge in [-0.15, -0.1) is 0 Å². The first-order chi connectivity index (χ1) is 15.3. The number of carbonyl (C=O) groups excluding carboxylic acids is 1. The minimum Gasteiger partial charge on any atom is -0.486 e. The van der Waals surface area contributed by atoms with E-state index < -0.39 is 35.3 Å². The SMILES string of the molecule is CC(C)(C)OC(=O)N1[C@@H](C[C@H](Oc2ccc(C(F)(F)F)cc2)c2ccccc2)COC1(C)C. The van der Waals surface area contributed by atoms with Gasteiger partial charge in [0.2, 0.25) is 0 Å². The number of amides is 1. The van der Waals surface area contributed by atoms with E-state index in [1.165, 1.54) is 12.1 Å². The number of hydrogen-bond acceptors (Lipinski definition) is 4. The van der Waals surface area contributed by atoms with E-state index in [4.69, 9.17) is 14.2 Å². The van der Waals surface area contributed by atoms with Crippen molar-refractivity contribution >= 4 is 6.09 Å². The van der Waals surface area contributed by atoms with E-state index in [1.807, 2.05) is 30.3 Å². The maximum atomic E-state index is 13.0. The van der Waals surface area contributed by atoms with Crippen molar-refractivity contribution < 1.29 is 32.2 Å². The molecule has 1 aliphatic heterocycles. The number of carbonyl (C=O) groups is 1. The van der Waals surface area contributed by atoms with Crippen molar-refractivity contribution in [2.75, 3.05) is 6.61 Å². The van der Waals surface area contributed by atoms with Crippen molar-refractivity contribution in [2.24, 2.45) is 0 Å². The Hall–Kier alpha value is -2.74. The van der Waals surface area contributed by atoms with Gasteiger partial charge >= 0.3 is 12.3 Å². The fourth-order valence-corrected chi connectivity index (χ4v) is 3.79. The maximum Gasteiger partial charge on any atom is 0.416 e. The molecule has 0 radical (unpaired) electrons. The van der Waals surface area contributed by atoms with Gasteiger partial charge in [0.25, 0.3) is 0 Å². The number of ether oxygens (including phenoxy) is 3. The predicted octanol–water partition coefficient (Wildman–Crippen LogP) is 6.59. The molecule has 0 N–H and O–H groups in total. The first kappa shape index (κ1) is 24.9. The van der Waals surface area contributed by atoms with Crippen LogP contribution in [0.4, 0.5) is 18.0 Å². The van der Waals surface area contributed by atoms with E-state index in [-0.39, 0.29) is 12.6 Å². The Labute approximate surface area is 192 Å². The predicted molar refractivity (Wildman–Crippen MR) is 118 cm³/mol. The molecule has 1 amide bonds. The molecule has 2 aromatic rings. The molecule has 1 aliphatic rings. The topological polar surface area (TPSA) is 48.0 Å². The molecule has 0 aliphatic carbocycles. The van der Waals surface area contributed by atoms with Gasteiger partial charge in [0.1, 0.15) is 23.2 Å². The molecule has 1 fully saturated rings. The van der Waals surface area contributed by atoms with Gasteiger partial charge in [-0.2, -0.15) is 13.2 Å². The third-order valence-corrected chi connectivity index (χ3v) is 5.28. The lowest BCUT2D eigenvalue weighted by molar-refractivity contribution is -0.137. The van der Waals surface area contributed by atoms with Crippen LogP contribution in [0.5, 0.6) is 5.75 Å². The van der Waals surface area contributed by atoms with E-state index in [9.17, 15) is 18.0 Å². The molecular formula is C25H30F3NO4. The average Bonchev–Trinajstić information content (AvgIpc) is 3.00. The van der Waals surface area contributed by atoms with Crippen LogP contribution in [0.3, 0.4) is 0 Å². The summed E-state index contributed by atoms with van der Waals surface area (Å²) in [7, 11) is 0. The summed E-state index contributed by atoms with van der Waals surface area (Å²) in [4.78, 5) is 14.5. The zero-order valence-corrected chi connectivity index (χ0v) is 19.5. The summed E-state index contributed by atoms with van der Waals surface area (Å²) in [6.45, 7) is 9.27. The molecule has 33 heavy (non-hydrogen) atoms. The fourth-order valence-electron chi connectivity index (χ4n) is 3.79. The van der Waals surface area contributed by atoms with E-state index in [1.54, 1.807) is 39.5 Å². The Balaban J connectivity index is 1.85. The number of rotatable bonds is 5. The zero-order chi connectivity index (χ0) is 24.4. The lowest BCUT2D eigenvalue weighted by Gasteiger charge is -2.36. The Kier molecular flexibility index (Phi) is 6.98. The number of halogens is 3. The first-order valence-corrected chi connectivity index (χ1v) is 10.8. The third kappa shape index (κ3) is 6.41. The van der Waals surface area contributed by atoms with Crippen molar-refractivity contribution in [1.82, 2.24) is 4.90 Å². The Bertz CT molecular complexity index is 937. The zero-order valence-electron chi connectivity index (χ0n) is 19.5. The van der Waals surface area contributed by atoms with Crippen LogP contribution in [0.25, 0.3) is 0 Å². The average molecular weight is 466 g/mol. The number of alkyl halides is 3. The number of nitrogens with zero attached hydrogens (tertiary/aromatic N) is 1. The molecule has 0 aromatic heterocycles. The van der Waals surface area contributed by atoms with Gasteiger partial charge in [0, 0.05) is 6.42 Å². The van der Waals surface area contributed by atoms with Crippen molar-refractivity contribution in [3.8, 4) is 5.75 Å². The molecule has 2 aromatic carbocycles. The highest BCUT2D eigenvalue weighted by atomic mass is 19.4. The fraction of sp³-hybridized carbons (Fsp3) is 0.480. The van der Waals surface area contributed by atoms with Crippen molar-refractivity contribution in [1.29, 1.82) is 0 Å². The molecule has 3 rings (SSSR count). The monoisotopic (exact) mass is 465 g/mol. The van der Waals surface area contributed by atoms with Gasteiger partial charge in [0.05, 0.1) is 18.2 Å². The quantitative estimate of drug-likeness (QED) is 0.500. The number of hydrogen-bond donors (Lipinski definition) is 0. The number of benzene rings is 2. The van der Waals surface area contributed by atoms with Crippen LogP contribution in [0.2, 0.25) is 0 Å². The summed E-state index contributed by atoms with van der Waals surface area (Å²) < 4.78 is 56.4. The van der Waals surface area contributed by atoms with E-state index in [0.29, 0.717) is 12.2 Å². The van der Waals surface area contributed by atoms with Gasteiger partial charge < -0.3 is 14.2 Å². The first-order valence-electron chi connectivity index (χ1n) is 10.8. The standard InChI is InChI=1S/C25H30F3NO4/c1-23(2,3)33-22(30)29-19(16-31-24(29,4)5)15-21(17-9-7-6-8-10-17)32-20-13-11-18(12-14-20)25(26,27)28/h6-14,19,21H,15-16H2,1-5H3/t19-,21-/m0/s1. The maximum absolute atomic E-state index is 13.0. The molecule has 2 atom stereocenters. The van der Waals surface area contributed by atoms with Crippen LogP contribution in [0.15, 0.2) is 54.6 Å². The normalized spacial score (nSPS) is 19.3. The molecule has 0 spiro atoms. The van der Waals surface area contributed by atoms with Gasteiger partial charge in [0.15, 0.2) is 0 Å². The van der Waals surface area contributed by atoms with Crippen molar-refractivity contribution in [3.05, 3.63) is 65.7 Å². The van der Waals surface area contributed by atoms with E-state index in [0.717, 1.165) is 17.7 Å². The molecule has 0 bridgehead atoms. The second-order valence-electron chi connectivity index (χ2n) is 9.54. The van der Waals surface area contributed by atoms with Crippen molar-refractivity contribution in [3.63, 3.8) is 0 Å². The van der Waals surface area contributed by atoms with Gasteiger partial charge in [-0.3, -0.25) is 4.90 Å².